The van der Waals surface area contributed by atoms with Crippen molar-refractivity contribution in [2.24, 2.45) is 0 Å². The Hall–Kier alpha value is -2.47. The summed E-state index contributed by atoms with van der Waals surface area (Å²) < 4.78 is 15.3. The van der Waals surface area contributed by atoms with Crippen molar-refractivity contribution in [2.45, 2.75) is 6.54 Å². The van der Waals surface area contributed by atoms with E-state index >= 15 is 0 Å². The van der Waals surface area contributed by atoms with Crippen molar-refractivity contribution in [1.82, 2.24) is 14.8 Å². The van der Waals surface area contributed by atoms with Gasteiger partial charge in [0.05, 0.1) is 12.1 Å². The van der Waals surface area contributed by atoms with Crippen molar-refractivity contribution >= 4 is 28.6 Å². The van der Waals surface area contributed by atoms with E-state index in [1.165, 1.54) is 16.9 Å². The average Bonchev–Trinajstić information content (AvgIpc) is 2.81. The van der Waals surface area contributed by atoms with Gasteiger partial charge in [0.2, 0.25) is 0 Å². The van der Waals surface area contributed by atoms with Crippen LogP contribution in [0.3, 0.4) is 0 Å². The Labute approximate surface area is 123 Å². The molecular formula is C14H9ClFN3O2. The molecule has 0 fully saturated rings. The van der Waals surface area contributed by atoms with Crippen molar-refractivity contribution in [1.29, 1.82) is 0 Å². The molecule has 0 bridgehead atoms. The van der Waals surface area contributed by atoms with Gasteiger partial charge in [-0.15, -0.1) is 0 Å². The summed E-state index contributed by atoms with van der Waals surface area (Å²) in [5.74, 6) is -1.64. The number of nitrogens with zero attached hydrogens (tertiary/aromatic N) is 3. The van der Waals surface area contributed by atoms with Crippen LogP contribution in [0.2, 0.25) is 5.02 Å². The zero-order valence-electron chi connectivity index (χ0n) is 10.6. The first-order valence-electron chi connectivity index (χ1n) is 6.05. The van der Waals surface area contributed by atoms with Crippen LogP contribution in [0, 0.1) is 5.82 Å². The largest absolute Gasteiger partial charge is 0.476 e. The van der Waals surface area contributed by atoms with Gasteiger partial charge in [-0.25, -0.2) is 9.18 Å². The van der Waals surface area contributed by atoms with Gasteiger partial charge >= 0.3 is 5.97 Å². The number of carboxylic acid groups (broad SMARTS) is 1. The minimum atomic E-state index is -1.17. The number of pyridine rings is 1. The van der Waals surface area contributed by atoms with E-state index in [9.17, 15) is 9.18 Å². The number of benzene rings is 1. The van der Waals surface area contributed by atoms with Crippen molar-refractivity contribution < 1.29 is 14.3 Å². The molecule has 0 aliphatic heterocycles. The lowest BCUT2D eigenvalue weighted by Gasteiger charge is -2.05. The van der Waals surface area contributed by atoms with Crippen molar-refractivity contribution in [3.05, 3.63) is 58.6 Å². The lowest BCUT2D eigenvalue weighted by Crippen LogP contribution is -2.05. The Balaban J connectivity index is 2.10. The maximum atomic E-state index is 13.8. The maximum absolute atomic E-state index is 13.8. The predicted octanol–water partition coefficient (Wildman–Crippen LogP) is 2.97. The van der Waals surface area contributed by atoms with Gasteiger partial charge in [-0.05, 0) is 24.3 Å². The summed E-state index contributed by atoms with van der Waals surface area (Å²) in [4.78, 5) is 15.2. The predicted molar refractivity (Wildman–Crippen MR) is 75.0 cm³/mol. The average molecular weight is 306 g/mol. The van der Waals surface area contributed by atoms with Gasteiger partial charge in [0.25, 0.3) is 0 Å². The molecule has 2 heterocycles. The molecule has 1 N–H and O–H groups in total. The third-order valence-electron chi connectivity index (χ3n) is 3.05. The van der Waals surface area contributed by atoms with Crippen LogP contribution in [0.1, 0.15) is 16.1 Å². The molecule has 0 radical (unpaired) electrons. The monoisotopic (exact) mass is 305 g/mol. The van der Waals surface area contributed by atoms with Crippen molar-refractivity contribution in [3.63, 3.8) is 0 Å². The summed E-state index contributed by atoms with van der Waals surface area (Å²) in [5.41, 5.74) is 1.02. The van der Waals surface area contributed by atoms with E-state index < -0.39 is 11.8 Å². The second-order valence-corrected chi connectivity index (χ2v) is 4.85. The number of carboxylic acids is 1. The quantitative estimate of drug-likeness (QED) is 0.808. The molecule has 0 saturated carbocycles. The molecule has 1 aromatic carbocycles. The van der Waals surface area contributed by atoms with Crippen LogP contribution >= 0.6 is 11.6 Å². The Morgan fingerprint density at radius 2 is 2.19 bits per heavy atom. The molecule has 21 heavy (non-hydrogen) atoms. The third-order valence-corrected chi connectivity index (χ3v) is 3.28. The van der Waals surface area contributed by atoms with Gasteiger partial charge in [-0.3, -0.25) is 9.67 Å². The zero-order chi connectivity index (χ0) is 15.0. The summed E-state index contributed by atoms with van der Waals surface area (Å²) >= 11 is 5.71. The zero-order valence-corrected chi connectivity index (χ0v) is 11.4. The Kier molecular flexibility index (Phi) is 3.31. The lowest BCUT2D eigenvalue weighted by atomic mass is 10.2. The van der Waals surface area contributed by atoms with E-state index in [0.29, 0.717) is 16.1 Å². The first kappa shape index (κ1) is 13.5. The molecule has 0 aliphatic carbocycles. The second-order valence-electron chi connectivity index (χ2n) is 4.42. The number of halogens is 2. The van der Waals surface area contributed by atoms with Crippen LogP contribution in [-0.2, 0) is 6.54 Å². The number of hydrogen-bond donors (Lipinski definition) is 1. The summed E-state index contributed by atoms with van der Waals surface area (Å²) in [6.45, 7) is 0.0957. The number of aromatic nitrogens is 3. The summed E-state index contributed by atoms with van der Waals surface area (Å²) in [7, 11) is 0. The molecular weight excluding hydrogens is 297 g/mol. The Morgan fingerprint density at radius 1 is 1.38 bits per heavy atom. The molecule has 3 rings (SSSR count). The van der Waals surface area contributed by atoms with Gasteiger partial charge in [0, 0.05) is 16.8 Å². The molecule has 0 aliphatic rings. The molecule has 0 amide bonds. The van der Waals surface area contributed by atoms with Crippen LogP contribution in [0.5, 0.6) is 0 Å². The second kappa shape index (κ2) is 5.14. The number of hydrogen-bond acceptors (Lipinski definition) is 3. The fraction of sp³-hybridized carbons (Fsp3) is 0.0714. The van der Waals surface area contributed by atoms with E-state index in [1.54, 1.807) is 24.3 Å². The smallest absolute Gasteiger partial charge is 0.358 e. The molecule has 0 atom stereocenters. The van der Waals surface area contributed by atoms with Crippen LogP contribution in [0.15, 0.2) is 36.5 Å². The highest BCUT2D eigenvalue weighted by molar-refractivity contribution is 6.30. The topological polar surface area (TPSA) is 68.0 Å². The van der Waals surface area contributed by atoms with E-state index in [1.807, 2.05) is 0 Å². The van der Waals surface area contributed by atoms with Crippen LogP contribution in [-0.4, -0.2) is 25.8 Å². The summed E-state index contributed by atoms with van der Waals surface area (Å²) in [5, 5.41) is 13.4. The van der Waals surface area contributed by atoms with Crippen molar-refractivity contribution in [3.8, 4) is 0 Å². The molecule has 106 valence electrons. The lowest BCUT2D eigenvalue weighted by molar-refractivity contribution is 0.0691. The standard InChI is InChI=1S/C14H9ClFN3O2/c15-9-4-3-8(10(16)6-9)7-19-11-2-1-5-17-12(11)13(18-19)14(20)21/h1-6H,7H2,(H,20,21). The van der Waals surface area contributed by atoms with Crippen LogP contribution in [0.4, 0.5) is 4.39 Å². The highest BCUT2D eigenvalue weighted by Gasteiger charge is 2.18. The number of aromatic carboxylic acids is 1. The van der Waals surface area contributed by atoms with Crippen LogP contribution < -0.4 is 0 Å². The van der Waals surface area contributed by atoms with Gasteiger partial charge in [0.15, 0.2) is 5.69 Å². The minimum Gasteiger partial charge on any atom is -0.476 e. The molecule has 3 aromatic rings. The van der Waals surface area contributed by atoms with E-state index in [0.717, 1.165) is 0 Å². The number of carbonyl (C=O) groups is 1. The molecule has 0 spiro atoms. The fourth-order valence-corrected chi connectivity index (χ4v) is 2.24. The molecule has 2 aromatic heterocycles. The molecule has 7 heteroatoms. The highest BCUT2D eigenvalue weighted by atomic mass is 35.5. The van der Waals surface area contributed by atoms with Gasteiger partial charge < -0.3 is 5.11 Å². The molecule has 5 nitrogen and oxygen atoms in total. The van der Waals surface area contributed by atoms with Crippen LogP contribution in [0.25, 0.3) is 11.0 Å². The van der Waals surface area contributed by atoms with E-state index in [-0.39, 0.29) is 17.8 Å². The fourth-order valence-electron chi connectivity index (χ4n) is 2.09. The van der Waals surface area contributed by atoms with E-state index in [4.69, 9.17) is 16.7 Å². The SMILES string of the molecule is O=C(O)c1nn(Cc2ccc(Cl)cc2F)c2cccnc12. The first-order chi connectivity index (χ1) is 10.1. The maximum Gasteiger partial charge on any atom is 0.358 e. The third kappa shape index (κ3) is 2.45. The van der Waals surface area contributed by atoms with Gasteiger partial charge in [-0.2, -0.15) is 5.10 Å². The van der Waals surface area contributed by atoms with E-state index in [2.05, 4.69) is 10.1 Å². The molecule has 0 unspecified atom stereocenters. The Morgan fingerprint density at radius 3 is 2.90 bits per heavy atom. The summed E-state index contributed by atoms with van der Waals surface area (Å²) in [6, 6.07) is 7.68. The normalized spacial score (nSPS) is 11.0. The number of rotatable bonds is 3. The molecule has 0 saturated heterocycles. The van der Waals surface area contributed by atoms with Gasteiger partial charge in [-0.1, -0.05) is 17.7 Å². The van der Waals surface area contributed by atoms with Crippen molar-refractivity contribution in [2.75, 3.05) is 0 Å². The van der Waals surface area contributed by atoms with Gasteiger partial charge in [0.1, 0.15) is 11.3 Å². The Bertz CT molecular complexity index is 847. The first-order valence-corrected chi connectivity index (χ1v) is 6.43. The summed E-state index contributed by atoms with van der Waals surface area (Å²) in [6.07, 6.45) is 1.49. The highest BCUT2D eigenvalue weighted by Crippen LogP contribution is 2.20. The number of fused-ring (bicyclic) bond motifs is 1. The minimum absolute atomic E-state index is 0.0957.